The van der Waals surface area contributed by atoms with Crippen molar-refractivity contribution in [1.29, 1.82) is 0 Å². The van der Waals surface area contributed by atoms with Gasteiger partial charge in [-0.1, -0.05) is 0 Å². The van der Waals surface area contributed by atoms with Crippen LogP contribution in [0.3, 0.4) is 0 Å². The summed E-state index contributed by atoms with van der Waals surface area (Å²) in [4.78, 5) is 13.6. The van der Waals surface area contributed by atoms with Gasteiger partial charge in [0.05, 0.1) is 7.11 Å². The van der Waals surface area contributed by atoms with E-state index in [-0.39, 0.29) is 5.17 Å². The highest BCUT2D eigenvalue weighted by molar-refractivity contribution is 5.62. The van der Waals surface area contributed by atoms with E-state index in [4.69, 9.17) is 5.11 Å². The molecule has 0 saturated heterocycles. The molecule has 0 heterocycles. The predicted octanol–water partition coefficient (Wildman–Crippen LogP) is -0.598. The Morgan fingerprint density at radius 1 is 2.00 bits per heavy atom. The summed E-state index contributed by atoms with van der Waals surface area (Å²) in [5.74, 6) is 4.63. The predicted molar refractivity (Wildman–Crippen MR) is 21.1 cm³/mol. The number of hydroxylamine groups is 1. The van der Waals surface area contributed by atoms with Crippen molar-refractivity contribution in [3.05, 3.63) is 0 Å². The molecular weight excluding hydrogens is 100 g/mol. The lowest BCUT2D eigenvalue weighted by Crippen LogP contribution is -2.34. The van der Waals surface area contributed by atoms with Crippen molar-refractivity contribution in [2.45, 2.75) is 0 Å². The molecule has 0 rings (SSSR count). The Hall–Kier alpha value is -0.810. The summed E-state index contributed by atoms with van der Waals surface area (Å²) in [5.41, 5.74) is 0. The average molecular weight is 106 g/mol. The first kappa shape index (κ1) is 6.19. The molecule has 0 radical (unpaired) electrons. The van der Waals surface area contributed by atoms with Crippen LogP contribution in [-0.2, 0) is 4.84 Å². The fraction of sp³-hybridized carbons (Fsp3) is 0.500. The quantitative estimate of drug-likeness (QED) is 0.266. The van der Waals surface area contributed by atoms with Crippen molar-refractivity contribution in [2.75, 3.05) is 7.11 Å². The van der Waals surface area contributed by atoms with Gasteiger partial charge in [0.1, 0.15) is 0 Å². The maximum Gasteiger partial charge on any atom is 0.446 e. The molecule has 1 amide bonds. The minimum Gasteiger partial charge on any atom is -0.462 e. The molecule has 0 aliphatic heterocycles. The van der Waals surface area contributed by atoms with E-state index in [2.05, 4.69) is 10.7 Å². The number of carbonyl (C=O) groups is 1. The van der Waals surface area contributed by atoms with Crippen molar-refractivity contribution >= 4 is 6.09 Å². The molecule has 0 fully saturated rings. The molecule has 5 nitrogen and oxygen atoms in total. The Morgan fingerprint density at radius 3 is 2.43 bits per heavy atom. The molecule has 3 N–H and O–H groups in total. The Bertz CT molecular complexity index is 73.3. The maximum atomic E-state index is 9.61. The van der Waals surface area contributed by atoms with E-state index < -0.39 is 6.09 Å². The number of carboxylic acid groups (broad SMARTS) is 1. The SMILES string of the molecule is CON(N)C(=O)O. The highest BCUT2D eigenvalue weighted by Gasteiger charge is 2.00. The van der Waals surface area contributed by atoms with Gasteiger partial charge >= 0.3 is 6.09 Å². The van der Waals surface area contributed by atoms with Crippen molar-refractivity contribution in [2.24, 2.45) is 5.84 Å². The number of hydrogen-bond donors (Lipinski definition) is 2. The number of rotatable bonds is 1. The molecular formula is C2H6N2O3. The number of nitrogens with zero attached hydrogens (tertiary/aromatic N) is 1. The van der Waals surface area contributed by atoms with Gasteiger partial charge in [0.15, 0.2) is 0 Å². The average Bonchev–Trinajstić information content (AvgIpc) is 1.65. The Kier molecular flexibility index (Phi) is 2.10. The first-order valence-electron chi connectivity index (χ1n) is 1.50. The zero-order valence-electron chi connectivity index (χ0n) is 3.79. The second kappa shape index (κ2) is 2.38. The van der Waals surface area contributed by atoms with Crippen LogP contribution in [0.25, 0.3) is 0 Å². The molecule has 7 heavy (non-hydrogen) atoms. The molecule has 0 spiro atoms. The summed E-state index contributed by atoms with van der Waals surface area (Å²) in [6, 6.07) is 0. The number of amides is 1. The molecule has 0 saturated carbocycles. The highest BCUT2D eigenvalue weighted by atomic mass is 16.7. The first-order valence-corrected chi connectivity index (χ1v) is 1.50. The molecule has 0 aromatic heterocycles. The lowest BCUT2D eigenvalue weighted by molar-refractivity contribution is -0.104. The Labute approximate surface area is 40.2 Å². The fourth-order valence-electron chi connectivity index (χ4n) is 0.0781. The molecule has 0 aliphatic rings. The molecule has 5 heteroatoms. The molecule has 0 aromatic rings. The topological polar surface area (TPSA) is 75.8 Å². The van der Waals surface area contributed by atoms with Gasteiger partial charge in [-0.25, -0.2) is 10.6 Å². The zero-order chi connectivity index (χ0) is 5.86. The largest absolute Gasteiger partial charge is 0.462 e. The van der Waals surface area contributed by atoms with Gasteiger partial charge in [0.2, 0.25) is 0 Å². The van der Waals surface area contributed by atoms with Crippen LogP contribution in [0, 0.1) is 0 Å². The van der Waals surface area contributed by atoms with Crippen LogP contribution < -0.4 is 5.84 Å². The second-order valence-corrected chi connectivity index (χ2v) is 0.791. The van der Waals surface area contributed by atoms with E-state index in [9.17, 15) is 4.79 Å². The van der Waals surface area contributed by atoms with Crippen molar-refractivity contribution in [1.82, 2.24) is 5.17 Å². The lowest BCUT2D eigenvalue weighted by Gasteiger charge is -2.05. The highest BCUT2D eigenvalue weighted by Crippen LogP contribution is 1.73. The third-order valence-corrected chi connectivity index (χ3v) is 0.385. The van der Waals surface area contributed by atoms with Crippen molar-refractivity contribution in [3.63, 3.8) is 0 Å². The van der Waals surface area contributed by atoms with Gasteiger partial charge in [-0.2, -0.15) is 0 Å². The van der Waals surface area contributed by atoms with Crippen LogP contribution >= 0.6 is 0 Å². The third kappa shape index (κ3) is 1.96. The van der Waals surface area contributed by atoms with Crippen LogP contribution in [0.1, 0.15) is 0 Å². The van der Waals surface area contributed by atoms with E-state index in [0.717, 1.165) is 7.11 Å². The summed E-state index contributed by atoms with van der Waals surface area (Å²) < 4.78 is 0. The minimum absolute atomic E-state index is 0.208. The van der Waals surface area contributed by atoms with E-state index in [1.165, 1.54) is 0 Å². The van der Waals surface area contributed by atoms with Crippen molar-refractivity contribution in [3.8, 4) is 0 Å². The zero-order valence-corrected chi connectivity index (χ0v) is 3.79. The summed E-state index contributed by atoms with van der Waals surface area (Å²) in [7, 11) is 1.16. The third-order valence-electron chi connectivity index (χ3n) is 0.385. The first-order chi connectivity index (χ1) is 3.18. The lowest BCUT2D eigenvalue weighted by atomic mass is 11.2. The maximum absolute atomic E-state index is 9.61. The summed E-state index contributed by atoms with van der Waals surface area (Å²) >= 11 is 0. The van der Waals surface area contributed by atoms with Gasteiger partial charge in [0, 0.05) is 0 Å². The molecule has 0 bridgehead atoms. The van der Waals surface area contributed by atoms with Gasteiger partial charge in [0.25, 0.3) is 0 Å². The molecule has 0 aliphatic carbocycles. The standard InChI is InChI=1S/C2H6N2O3/c1-7-4(3)2(5)6/h3H2,1H3,(H,5,6). The van der Waals surface area contributed by atoms with Crippen molar-refractivity contribution < 1.29 is 14.7 Å². The van der Waals surface area contributed by atoms with E-state index in [1.54, 1.807) is 0 Å². The Morgan fingerprint density at radius 2 is 2.43 bits per heavy atom. The van der Waals surface area contributed by atoms with Crippen LogP contribution in [0.2, 0.25) is 0 Å². The fourth-order valence-corrected chi connectivity index (χ4v) is 0.0781. The monoisotopic (exact) mass is 106 g/mol. The van der Waals surface area contributed by atoms with Crippen LogP contribution in [0.5, 0.6) is 0 Å². The van der Waals surface area contributed by atoms with Gasteiger partial charge in [-0.05, 0) is 0 Å². The van der Waals surface area contributed by atoms with E-state index in [0.29, 0.717) is 0 Å². The van der Waals surface area contributed by atoms with Gasteiger partial charge < -0.3 is 5.11 Å². The minimum atomic E-state index is -1.32. The van der Waals surface area contributed by atoms with E-state index >= 15 is 0 Å². The summed E-state index contributed by atoms with van der Waals surface area (Å²) in [5, 5.41) is 8.07. The molecule has 0 unspecified atom stereocenters. The smallest absolute Gasteiger partial charge is 0.446 e. The van der Waals surface area contributed by atoms with Crippen LogP contribution in [-0.4, -0.2) is 23.5 Å². The number of hydrazine groups is 1. The number of hydrogen-bond acceptors (Lipinski definition) is 3. The number of nitrogens with two attached hydrogens (primary N) is 1. The summed E-state index contributed by atoms with van der Waals surface area (Å²) in [6.07, 6.45) is -1.32. The van der Waals surface area contributed by atoms with E-state index in [1.807, 2.05) is 0 Å². The Balaban J connectivity index is 3.34. The molecule has 0 aromatic carbocycles. The van der Waals surface area contributed by atoms with Crippen LogP contribution in [0.15, 0.2) is 0 Å². The normalized spacial score (nSPS) is 8.29. The van der Waals surface area contributed by atoms with Gasteiger partial charge in [-0.15, -0.1) is 5.17 Å². The summed E-state index contributed by atoms with van der Waals surface area (Å²) in [6.45, 7) is 0. The second-order valence-electron chi connectivity index (χ2n) is 0.791. The molecule has 0 atom stereocenters. The molecule has 42 valence electrons. The van der Waals surface area contributed by atoms with Crippen LogP contribution in [0.4, 0.5) is 4.79 Å². The van der Waals surface area contributed by atoms with Gasteiger partial charge in [-0.3, -0.25) is 4.84 Å².